The maximum atomic E-state index is 9.43. The molecule has 0 amide bonds. The van der Waals surface area contributed by atoms with Gasteiger partial charge in [0.05, 0.1) is 6.10 Å². The van der Waals surface area contributed by atoms with Gasteiger partial charge in [-0.25, -0.2) is 0 Å². The fraction of sp³-hybridized carbons (Fsp3) is 0.400. The Morgan fingerprint density at radius 3 is 2.50 bits per heavy atom. The van der Waals surface area contributed by atoms with Gasteiger partial charge in [-0.05, 0) is 31.4 Å². The van der Waals surface area contributed by atoms with Crippen molar-refractivity contribution in [3.8, 4) is 5.75 Å². The summed E-state index contributed by atoms with van der Waals surface area (Å²) in [5.74, 6) is 0.783. The van der Waals surface area contributed by atoms with Crippen LogP contribution in [0.4, 0.5) is 0 Å². The third kappa shape index (κ3) is 3.35. The van der Waals surface area contributed by atoms with Crippen molar-refractivity contribution >= 4 is 28.3 Å². The Hall–Kier alpha value is -0.475. The minimum absolute atomic E-state index is 0.145. The summed E-state index contributed by atoms with van der Waals surface area (Å²) < 4.78 is 6.47. The van der Waals surface area contributed by atoms with E-state index in [0.29, 0.717) is 0 Å². The van der Waals surface area contributed by atoms with Gasteiger partial charge in [-0.1, -0.05) is 28.8 Å². The van der Waals surface area contributed by atoms with Crippen molar-refractivity contribution < 1.29 is 9.76 Å². The summed E-state index contributed by atoms with van der Waals surface area (Å²) in [6.45, 7) is 5.22. The predicted octanol–water partition coefficient (Wildman–Crippen LogP) is 2.06. The summed E-state index contributed by atoms with van der Waals surface area (Å²) in [7, 11) is 0. The van der Waals surface area contributed by atoms with Gasteiger partial charge in [-0.3, -0.25) is 0 Å². The van der Waals surface area contributed by atoms with Gasteiger partial charge < -0.3 is 9.76 Å². The van der Waals surface area contributed by atoms with Crippen LogP contribution >= 0.6 is 15.9 Å². The van der Waals surface area contributed by atoms with E-state index in [1.807, 2.05) is 32.0 Å². The zero-order valence-corrected chi connectivity index (χ0v) is 10.2. The second-order valence-electron chi connectivity index (χ2n) is 3.56. The Kier molecular flexibility index (Phi) is 4.02. The molecule has 1 aromatic carbocycles. The Morgan fingerprint density at radius 2 is 2.00 bits per heavy atom. The molecule has 0 spiro atoms. The molecule has 0 radical (unpaired) electrons. The highest BCUT2D eigenvalue weighted by molar-refractivity contribution is 9.10. The molecule has 0 aliphatic heterocycles. The zero-order valence-electron chi connectivity index (χ0n) is 8.62. The predicted molar refractivity (Wildman–Crippen MR) is 63.4 cm³/mol. The maximum absolute atomic E-state index is 9.43. The van der Waals surface area contributed by atoms with Gasteiger partial charge in [0.2, 0.25) is 0 Å². The van der Waals surface area contributed by atoms with Crippen LogP contribution in [0.5, 0.6) is 5.75 Å². The Balaban J connectivity index is 2.95. The van der Waals surface area contributed by atoms with Crippen LogP contribution in [0.25, 0.3) is 0 Å². The first kappa shape index (κ1) is 11.6. The molecule has 2 nitrogen and oxygen atoms in total. The van der Waals surface area contributed by atoms with E-state index in [1.54, 1.807) is 6.82 Å². The molecule has 0 aliphatic carbocycles. The van der Waals surface area contributed by atoms with Crippen LogP contribution in [0.3, 0.4) is 0 Å². The van der Waals surface area contributed by atoms with E-state index in [4.69, 9.17) is 4.74 Å². The topological polar surface area (TPSA) is 29.5 Å². The zero-order chi connectivity index (χ0) is 10.7. The van der Waals surface area contributed by atoms with Crippen molar-refractivity contribution in [2.24, 2.45) is 0 Å². The molecule has 0 saturated carbocycles. The lowest BCUT2D eigenvalue weighted by Gasteiger charge is -2.12. The number of benzene rings is 1. The molecule has 1 N–H and O–H groups in total. The smallest absolute Gasteiger partial charge is 0.320 e. The molecule has 1 rings (SSSR count). The van der Waals surface area contributed by atoms with Gasteiger partial charge in [0.25, 0.3) is 0 Å². The minimum atomic E-state index is -0.470. The first-order valence-electron chi connectivity index (χ1n) is 4.64. The lowest BCUT2D eigenvalue weighted by Crippen LogP contribution is -2.26. The SMILES string of the molecule is CB(O)c1cc(Br)cc(OC(C)C)c1. The van der Waals surface area contributed by atoms with Crippen LogP contribution in [0, 0.1) is 0 Å². The molecule has 76 valence electrons. The lowest BCUT2D eigenvalue weighted by atomic mass is 9.64. The van der Waals surface area contributed by atoms with E-state index >= 15 is 0 Å². The monoisotopic (exact) mass is 256 g/mol. The molecular weight excluding hydrogens is 243 g/mol. The highest BCUT2D eigenvalue weighted by Crippen LogP contribution is 2.18. The van der Waals surface area contributed by atoms with Gasteiger partial charge in [-0.15, -0.1) is 0 Å². The standard InChI is InChI=1S/C10H14BBrO2/c1-7(2)14-10-5-8(11(3)13)4-9(12)6-10/h4-7,13H,1-3H3. The second kappa shape index (κ2) is 4.85. The number of ether oxygens (including phenoxy) is 1. The van der Waals surface area contributed by atoms with Crippen molar-refractivity contribution in [1.82, 2.24) is 0 Å². The van der Waals surface area contributed by atoms with Gasteiger partial charge in [-0.2, -0.15) is 0 Å². The molecule has 4 heteroatoms. The summed E-state index contributed by atoms with van der Waals surface area (Å²) in [6.07, 6.45) is 0.145. The molecule has 1 aromatic rings. The molecule has 0 aromatic heterocycles. The Morgan fingerprint density at radius 1 is 1.36 bits per heavy atom. The van der Waals surface area contributed by atoms with E-state index in [0.717, 1.165) is 15.7 Å². The summed E-state index contributed by atoms with van der Waals surface area (Å²) in [5, 5.41) is 9.43. The molecular formula is C10H14BBrO2. The Labute approximate surface area is 93.5 Å². The van der Waals surface area contributed by atoms with E-state index in [2.05, 4.69) is 15.9 Å². The van der Waals surface area contributed by atoms with Crippen LogP contribution in [0.2, 0.25) is 6.82 Å². The van der Waals surface area contributed by atoms with Crippen LogP contribution in [-0.2, 0) is 0 Å². The molecule has 0 unspecified atom stereocenters. The van der Waals surface area contributed by atoms with Crippen molar-refractivity contribution in [3.63, 3.8) is 0 Å². The highest BCUT2D eigenvalue weighted by atomic mass is 79.9. The summed E-state index contributed by atoms with van der Waals surface area (Å²) >= 11 is 3.38. The molecule has 14 heavy (non-hydrogen) atoms. The fourth-order valence-corrected chi connectivity index (χ4v) is 1.66. The van der Waals surface area contributed by atoms with Crippen molar-refractivity contribution in [3.05, 3.63) is 22.7 Å². The Bertz CT molecular complexity index is 313. The van der Waals surface area contributed by atoms with E-state index in [9.17, 15) is 5.02 Å². The van der Waals surface area contributed by atoms with Crippen LogP contribution in [0.1, 0.15) is 13.8 Å². The summed E-state index contributed by atoms with van der Waals surface area (Å²) in [5.41, 5.74) is 0.857. The van der Waals surface area contributed by atoms with Crippen molar-refractivity contribution in [2.45, 2.75) is 26.8 Å². The number of rotatable bonds is 3. The number of halogens is 1. The van der Waals surface area contributed by atoms with Crippen molar-refractivity contribution in [2.75, 3.05) is 0 Å². The van der Waals surface area contributed by atoms with Crippen LogP contribution < -0.4 is 10.2 Å². The molecule has 0 bridgehead atoms. The normalized spacial score (nSPS) is 10.4. The summed E-state index contributed by atoms with van der Waals surface area (Å²) in [6, 6.07) is 5.64. The third-order valence-corrected chi connectivity index (χ3v) is 2.21. The molecule has 0 aliphatic rings. The van der Waals surface area contributed by atoms with Crippen LogP contribution in [0.15, 0.2) is 22.7 Å². The van der Waals surface area contributed by atoms with Crippen molar-refractivity contribution in [1.29, 1.82) is 0 Å². The largest absolute Gasteiger partial charge is 0.491 e. The second-order valence-corrected chi connectivity index (χ2v) is 4.48. The van der Waals surface area contributed by atoms with E-state index < -0.39 is 6.92 Å². The van der Waals surface area contributed by atoms with Crippen LogP contribution in [-0.4, -0.2) is 18.0 Å². The highest BCUT2D eigenvalue weighted by Gasteiger charge is 2.09. The number of hydrogen-bond donors (Lipinski definition) is 1. The first-order valence-corrected chi connectivity index (χ1v) is 5.43. The van der Waals surface area contributed by atoms with Gasteiger partial charge in [0.15, 0.2) is 0 Å². The van der Waals surface area contributed by atoms with Gasteiger partial charge >= 0.3 is 6.92 Å². The maximum Gasteiger partial charge on any atom is 0.320 e. The molecule has 0 heterocycles. The minimum Gasteiger partial charge on any atom is -0.491 e. The number of hydrogen-bond acceptors (Lipinski definition) is 2. The summed E-state index contributed by atoms with van der Waals surface area (Å²) in [4.78, 5) is 0. The molecule has 0 fully saturated rings. The third-order valence-electron chi connectivity index (χ3n) is 1.75. The molecule has 0 atom stereocenters. The lowest BCUT2D eigenvalue weighted by molar-refractivity contribution is 0.242. The van der Waals surface area contributed by atoms with E-state index in [-0.39, 0.29) is 6.10 Å². The first-order chi connectivity index (χ1) is 6.49. The van der Waals surface area contributed by atoms with Gasteiger partial charge in [0, 0.05) is 4.47 Å². The average molecular weight is 257 g/mol. The average Bonchev–Trinajstić information content (AvgIpc) is 2.01. The quantitative estimate of drug-likeness (QED) is 0.839. The fourth-order valence-electron chi connectivity index (χ4n) is 1.17. The van der Waals surface area contributed by atoms with Gasteiger partial charge in [0.1, 0.15) is 5.75 Å². The molecule has 0 saturated heterocycles. The van der Waals surface area contributed by atoms with E-state index in [1.165, 1.54) is 0 Å².